The molecule has 0 amide bonds. The van der Waals surface area contributed by atoms with E-state index in [4.69, 9.17) is 0 Å². The van der Waals surface area contributed by atoms with Crippen molar-refractivity contribution in [1.29, 1.82) is 0 Å². The molecule has 4 heterocycles. The molecule has 94 valence electrons. The lowest BCUT2D eigenvalue weighted by Crippen LogP contribution is -1.95. The minimum absolute atomic E-state index is 0.871. The number of allylic oxidation sites excluding steroid dienone is 1. The maximum absolute atomic E-state index is 4.62. The Morgan fingerprint density at radius 1 is 1.16 bits per heavy atom. The van der Waals surface area contributed by atoms with Gasteiger partial charge in [0, 0.05) is 24.4 Å². The van der Waals surface area contributed by atoms with E-state index < -0.39 is 0 Å². The van der Waals surface area contributed by atoms with Gasteiger partial charge in [-0.25, -0.2) is 4.98 Å². The van der Waals surface area contributed by atoms with E-state index in [0.717, 1.165) is 40.7 Å². The van der Waals surface area contributed by atoms with Crippen LogP contribution in [-0.4, -0.2) is 24.1 Å². The third-order valence-corrected chi connectivity index (χ3v) is 3.56. The van der Waals surface area contributed by atoms with Gasteiger partial charge in [-0.1, -0.05) is 6.08 Å². The standard InChI is InChI=1S/C14H13N5/c1-9-14(18-7-3-4-12(18)15-9)11-5-6-13-17-16-10(2)19(13)8-11/h3,5-8H,4H2,1-2H3. The number of rotatable bonds is 1. The summed E-state index contributed by atoms with van der Waals surface area (Å²) in [5, 5.41) is 8.20. The topological polar surface area (TPSA) is 48.0 Å². The van der Waals surface area contributed by atoms with E-state index in [1.54, 1.807) is 0 Å². The Morgan fingerprint density at radius 2 is 2.05 bits per heavy atom. The minimum Gasteiger partial charge on any atom is -0.303 e. The number of hydrogen-bond donors (Lipinski definition) is 0. The molecule has 3 aromatic rings. The Balaban J connectivity index is 2.00. The number of fused-ring (bicyclic) bond motifs is 2. The predicted octanol–water partition coefficient (Wildman–Crippen LogP) is 2.24. The van der Waals surface area contributed by atoms with Gasteiger partial charge in [0.1, 0.15) is 11.6 Å². The van der Waals surface area contributed by atoms with Gasteiger partial charge in [-0.3, -0.25) is 4.40 Å². The number of nitrogens with zero attached hydrogens (tertiary/aromatic N) is 5. The molecule has 5 nitrogen and oxygen atoms in total. The highest BCUT2D eigenvalue weighted by Gasteiger charge is 2.17. The summed E-state index contributed by atoms with van der Waals surface area (Å²) in [6.45, 7) is 4.01. The van der Waals surface area contributed by atoms with Crippen molar-refractivity contribution < 1.29 is 0 Å². The second kappa shape index (κ2) is 3.54. The van der Waals surface area contributed by atoms with Gasteiger partial charge >= 0.3 is 0 Å². The van der Waals surface area contributed by atoms with Crippen LogP contribution in [0.15, 0.2) is 24.4 Å². The largest absolute Gasteiger partial charge is 0.303 e. The molecular formula is C14H13N5. The molecule has 0 aliphatic carbocycles. The molecule has 0 radical (unpaired) electrons. The van der Waals surface area contributed by atoms with Crippen molar-refractivity contribution in [2.75, 3.05) is 0 Å². The Labute approximate surface area is 110 Å². The van der Waals surface area contributed by atoms with Crippen molar-refractivity contribution in [3.63, 3.8) is 0 Å². The predicted molar refractivity (Wildman–Crippen MR) is 72.7 cm³/mol. The first-order valence-corrected chi connectivity index (χ1v) is 6.30. The second-order valence-corrected chi connectivity index (χ2v) is 4.81. The third kappa shape index (κ3) is 1.38. The van der Waals surface area contributed by atoms with Crippen LogP contribution in [-0.2, 0) is 6.42 Å². The molecule has 0 N–H and O–H groups in total. The zero-order valence-corrected chi connectivity index (χ0v) is 10.8. The number of pyridine rings is 1. The summed E-state index contributed by atoms with van der Waals surface area (Å²) in [6.07, 6.45) is 7.21. The van der Waals surface area contributed by atoms with Gasteiger partial charge in [0.15, 0.2) is 5.65 Å². The normalized spacial score (nSPS) is 13.4. The van der Waals surface area contributed by atoms with Gasteiger partial charge in [-0.2, -0.15) is 0 Å². The summed E-state index contributed by atoms with van der Waals surface area (Å²) in [6, 6.07) is 4.07. The van der Waals surface area contributed by atoms with Gasteiger partial charge in [-0.15, -0.1) is 10.2 Å². The Hall–Kier alpha value is -2.43. The molecule has 4 rings (SSSR count). The van der Waals surface area contributed by atoms with Crippen LogP contribution >= 0.6 is 0 Å². The van der Waals surface area contributed by atoms with Crippen LogP contribution in [0.4, 0.5) is 0 Å². The fraction of sp³-hybridized carbons (Fsp3) is 0.214. The average molecular weight is 251 g/mol. The number of imidazole rings is 1. The lowest BCUT2D eigenvalue weighted by atomic mass is 10.2. The van der Waals surface area contributed by atoms with Gasteiger partial charge in [0.05, 0.1) is 11.4 Å². The highest BCUT2D eigenvalue weighted by Crippen LogP contribution is 2.28. The molecule has 0 saturated heterocycles. The lowest BCUT2D eigenvalue weighted by molar-refractivity contribution is 1.00. The van der Waals surface area contributed by atoms with Crippen LogP contribution < -0.4 is 0 Å². The molecule has 0 atom stereocenters. The van der Waals surface area contributed by atoms with E-state index in [2.05, 4.69) is 51.2 Å². The van der Waals surface area contributed by atoms with Crippen molar-refractivity contribution in [3.8, 4) is 11.3 Å². The molecule has 0 aromatic carbocycles. The van der Waals surface area contributed by atoms with E-state index in [-0.39, 0.29) is 0 Å². The van der Waals surface area contributed by atoms with Crippen LogP contribution in [0.3, 0.4) is 0 Å². The summed E-state index contributed by atoms with van der Waals surface area (Å²) in [5.41, 5.74) is 4.22. The van der Waals surface area contributed by atoms with Gasteiger partial charge in [-0.05, 0) is 26.0 Å². The summed E-state index contributed by atoms with van der Waals surface area (Å²) in [7, 11) is 0. The molecule has 0 fully saturated rings. The fourth-order valence-corrected chi connectivity index (χ4v) is 2.67. The highest BCUT2D eigenvalue weighted by molar-refractivity contribution is 5.67. The van der Waals surface area contributed by atoms with Crippen LogP contribution in [0, 0.1) is 13.8 Å². The molecule has 0 spiro atoms. The van der Waals surface area contributed by atoms with Crippen LogP contribution in [0.1, 0.15) is 17.3 Å². The highest BCUT2D eigenvalue weighted by atomic mass is 15.2. The fourth-order valence-electron chi connectivity index (χ4n) is 2.67. The van der Waals surface area contributed by atoms with E-state index >= 15 is 0 Å². The molecular weight excluding hydrogens is 238 g/mol. The van der Waals surface area contributed by atoms with E-state index in [1.165, 1.54) is 0 Å². The molecule has 0 unspecified atom stereocenters. The quantitative estimate of drug-likeness (QED) is 0.666. The van der Waals surface area contributed by atoms with Crippen molar-refractivity contribution in [3.05, 3.63) is 41.7 Å². The Bertz CT molecular complexity index is 822. The first kappa shape index (κ1) is 10.5. The summed E-state index contributed by atoms with van der Waals surface area (Å²) < 4.78 is 4.17. The molecule has 0 saturated carbocycles. The average Bonchev–Trinajstić information content (AvgIpc) is 3.05. The van der Waals surface area contributed by atoms with Crippen molar-refractivity contribution in [1.82, 2.24) is 24.1 Å². The Kier molecular flexibility index (Phi) is 1.95. The monoisotopic (exact) mass is 251 g/mol. The van der Waals surface area contributed by atoms with Crippen LogP contribution in [0.2, 0.25) is 0 Å². The van der Waals surface area contributed by atoms with Crippen molar-refractivity contribution >= 4 is 11.8 Å². The molecule has 19 heavy (non-hydrogen) atoms. The number of aromatic nitrogens is 5. The maximum atomic E-state index is 4.62. The Morgan fingerprint density at radius 3 is 2.95 bits per heavy atom. The summed E-state index contributed by atoms with van der Waals surface area (Å²) in [5.74, 6) is 2.00. The third-order valence-electron chi connectivity index (χ3n) is 3.56. The van der Waals surface area contributed by atoms with Crippen LogP contribution in [0.25, 0.3) is 23.1 Å². The lowest BCUT2D eigenvalue weighted by Gasteiger charge is -2.05. The van der Waals surface area contributed by atoms with Crippen molar-refractivity contribution in [2.45, 2.75) is 20.3 Å². The molecule has 0 bridgehead atoms. The molecule has 3 aromatic heterocycles. The van der Waals surface area contributed by atoms with E-state index in [9.17, 15) is 0 Å². The van der Waals surface area contributed by atoms with Gasteiger partial charge in [0.25, 0.3) is 0 Å². The molecule has 5 heteroatoms. The minimum atomic E-state index is 0.871. The zero-order chi connectivity index (χ0) is 13.0. The number of aryl methyl sites for hydroxylation is 2. The maximum Gasteiger partial charge on any atom is 0.160 e. The first-order chi connectivity index (χ1) is 9.24. The molecule has 1 aliphatic heterocycles. The number of hydrogen-bond acceptors (Lipinski definition) is 3. The van der Waals surface area contributed by atoms with E-state index in [1.807, 2.05) is 17.4 Å². The van der Waals surface area contributed by atoms with E-state index in [0.29, 0.717) is 0 Å². The summed E-state index contributed by atoms with van der Waals surface area (Å²) >= 11 is 0. The van der Waals surface area contributed by atoms with Gasteiger partial charge < -0.3 is 4.57 Å². The zero-order valence-electron chi connectivity index (χ0n) is 10.8. The smallest absolute Gasteiger partial charge is 0.160 e. The van der Waals surface area contributed by atoms with Crippen molar-refractivity contribution in [2.24, 2.45) is 0 Å². The SMILES string of the molecule is Cc1nc2n(c1-c1ccc3nnc(C)n3c1)C=CC2. The second-order valence-electron chi connectivity index (χ2n) is 4.81. The van der Waals surface area contributed by atoms with Crippen LogP contribution in [0.5, 0.6) is 0 Å². The summed E-state index contributed by atoms with van der Waals surface area (Å²) in [4.78, 5) is 4.62. The van der Waals surface area contributed by atoms with Gasteiger partial charge in [0.2, 0.25) is 0 Å². The molecule has 1 aliphatic rings. The first-order valence-electron chi connectivity index (χ1n) is 6.30.